The molecule has 32 heavy (non-hydrogen) atoms. The molecule has 1 aromatic heterocycles. The van der Waals surface area contributed by atoms with Crippen LogP contribution in [0.15, 0.2) is 53.7 Å². The molecule has 0 saturated heterocycles. The molecular weight excluding hydrogens is 473 g/mol. The zero-order chi connectivity index (χ0) is 22.9. The average molecular weight is 494 g/mol. The van der Waals surface area contributed by atoms with Gasteiger partial charge in [0.25, 0.3) is 5.91 Å². The number of hydrazine groups is 1. The second-order valence-electron chi connectivity index (χ2n) is 6.59. The lowest BCUT2D eigenvalue weighted by Gasteiger charge is -2.10. The molecule has 2 amide bonds. The van der Waals surface area contributed by atoms with Gasteiger partial charge in [-0.05, 0) is 55.0 Å². The minimum absolute atomic E-state index is 0.0563. The predicted molar refractivity (Wildman–Crippen MR) is 125 cm³/mol. The topological polar surface area (TPSA) is 98.1 Å². The van der Waals surface area contributed by atoms with Crippen molar-refractivity contribution in [3.8, 4) is 17.1 Å². The van der Waals surface area contributed by atoms with Crippen LogP contribution < -0.4 is 15.6 Å². The van der Waals surface area contributed by atoms with E-state index in [1.807, 2.05) is 16.7 Å². The third-order valence-electron chi connectivity index (χ3n) is 4.12. The predicted octanol–water partition coefficient (Wildman–Crippen LogP) is 3.98. The molecule has 0 spiro atoms. The lowest BCUT2D eigenvalue weighted by Crippen LogP contribution is -2.44. The SMILES string of the molecule is CCCn1c(SCC(=O)NNC(=O)COc2ccc(Cl)cc2)nnc1-c1ccc(Cl)cc1. The Bertz CT molecular complexity index is 1060. The highest BCUT2D eigenvalue weighted by Gasteiger charge is 2.15. The van der Waals surface area contributed by atoms with Crippen LogP contribution in [0.5, 0.6) is 5.75 Å². The summed E-state index contributed by atoms with van der Waals surface area (Å²) in [5.74, 6) is 0.393. The molecule has 0 fully saturated rings. The highest BCUT2D eigenvalue weighted by molar-refractivity contribution is 7.99. The molecule has 0 radical (unpaired) electrons. The van der Waals surface area contributed by atoms with Crippen molar-refractivity contribution < 1.29 is 14.3 Å². The van der Waals surface area contributed by atoms with E-state index in [0.29, 0.717) is 33.3 Å². The van der Waals surface area contributed by atoms with Crippen molar-refractivity contribution in [2.45, 2.75) is 25.0 Å². The van der Waals surface area contributed by atoms with Gasteiger partial charge in [0, 0.05) is 22.2 Å². The fraction of sp³-hybridized carbons (Fsp3) is 0.238. The Kier molecular flexibility index (Phi) is 8.78. The maximum atomic E-state index is 12.1. The third kappa shape index (κ3) is 6.88. The molecule has 1 heterocycles. The van der Waals surface area contributed by atoms with Gasteiger partial charge in [0.1, 0.15) is 5.75 Å². The lowest BCUT2D eigenvalue weighted by molar-refractivity contribution is -0.128. The van der Waals surface area contributed by atoms with Crippen molar-refractivity contribution in [1.82, 2.24) is 25.6 Å². The summed E-state index contributed by atoms with van der Waals surface area (Å²) in [5.41, 5.74) is 5.57. The van der Waals surface area contributed by atoms with Crippen LogP contribution in [0.1, 0.15) is 13.3 Å². The van der Waals surface area contributed by atoms with Gasteiger partial charge in [-0.2, -0.15) is 0 Å². The van der Waals surface area contributed by atoms with Crippen molar-refractivity contribution in [3.63, 3.8) is 0 Å². The van der Waals surface area contributed by atoms with Crippen LogP contribution in [0.4, 0.5) is 0 Å². The van der Waals surface area contributed by atoms with Crippen LogP contribution in [0.25, 0.3) is 11.4 Å². The molecule has 168 valence electrons. The molecule has 0 aliphatic heterocycles. The fourth-order valence-electron chi connectivity index (χ4n) is 2.65. The zero-order valence-electron chi connectivity index (χ0n) is 17.2. The van der Waals surface area contributed by atoms with Crippen LogP contribution >= 0.6 is 35.0 Å². The molecule has 0 bridgehead atoms. The number of halogens is 2. The molecule has 0 unspecified atom stereocenters. The van der Waals surface area contributed by atoms with Gasteiger partial charge in [0.15, 0.2) is 17.6 Å². The first kappa shape index (κ1) is 23.9. The van der Waals surface area contributed by atoms with E-state index in [1.165, 1.54) is 11.8 Å². The van der Waals surface area contributed by atoms with Gasteiger partial charge in [0.05, 0.1) is 5.75 Å². The first-order chi connectivity index (χ1) is 15.5. The second kappa shape index (κ2) is 11.8. The third-order valence-corrected chi connectivity index (χ3v) is 5.59. The van der Waals surface area contributed by atoms with Crippen molar-refractivity contribution in [2.24, 2.45) is 0 Å². The number of thioether (sulfide) groups is 1. The maximum absolute atomic E-state index is 12.1. The molecule has 0 atom stereocenters. The standard InChI is InChI=1S/C21H21Cl2N5O3S/c1-2-11-28-20(14-3-5-15(22)6-4-14)26-27-21(28)32-13-19(30)25-24-18(29)12-31-17-9-7-16(23)8-10-17/h3-10H,2,11-13H2,1H3,(H,24,29)(H,25,30). The van der Waals surface area contributed by atoms with Gasteiger partial charge in [0.2, 0.25) is 5.91 Å². The van der Waals surface area contributed by atoms with Crippen LogP contribution in [0, 0.1) is 0 Å². The normalized spacial score (nSPS) is 10.6. The summed E-state index contributed by atoms with van der Waals surface area (Å²) in [6, 6.07) is 13.9. The zero-order valence-corrected chi connectivity index (χ0v) is 19.5. The van der Waals surface area contributed by atoms with E-state index in [2.05, 4.69) is 28.0 Å². The summed E-state index contributed by atoms with van der Waals surface area (Å²) in [6.45, 7) is 2.51. The number of nitrogens with zero attached hydrogens (tertiary/aromatic N) is 3. The number of ether oxygens (including phenoxy) is 1. The highest BCUT2D eigenvalue weighted by Crippen LogP contribution is 2.25. The minimum atomic E-state index is -0.488. The van der Waals surface area contributed by atoms with E-state index >= 15 is 0 Å². The smallest absolute Gasteiger partial charge is 0.276 e. The average Bonchev–Trinajstić information content (AvgIpc) is 3.19. The number of nitrogens with one attached hydrogen (secondary N) is 2. The van der Waals surface area contributed by atoms with Gasteiger partial charge in [-0.1, -0.05) is 41.9 Å². The highest BCUT2D eigenvalue weighted by atomic mass is 35.5. The minimum Gasteiger partial charge on any atom is -0.484 e. The largest absolute Gasteiger partial charge is 0.484 e. The Hall–Kier alpha value is -2.75. The van der Waals surface area contributed by atoms with E-state index in [4.69, 9.17) is 27.9 Å². The Morgan fingerprint density at radius 3 is 2.25 bits per heavy atom. The number of rotatable bonds is 9. The van der Waals surface area contributed by atoms with Crippen LogP contribution in [0.3, 0.4) is 0 Å². The Morgan fingerprint density at radius 2 is 1.59 bits per heavy atom. The summed E-state index contributed by atoms with van der Waals surface area (Å²) in [4.78, 5) is 24.0. The van der Waals surface area contributed by atoms with Gasteiger partial charge >= 0.3 is 0 Å². The molecule has 11 heteroatoms. The quantitative estimate of drug-likeness (QED) is 0.345. The number of carbonyl (C=O) groups is 2. The van der Waals surface area contributed by atoms with Crippen molar-refractivity contribution in [2.75, 3.05) is 12.4 Å². The van der Waals surface area contributed by atoms with E-state index < -0.39 is 5.91 Å². The Morgan fingerprint density at radius 1 is 0.969 bits per heavy atom. The molecule has 2 aromatic carbocycles. The van der Waals surface area contributed by atoms with Crippen LogP contribution in [0.2, 0.25) is 10.0 Å². The second-order valence-corrected chi connectivity index (χ2v) is 8.41. The molecule has 3 rings (SSSR count). The van der Waals surface area contributed by atoms with Gasteiger partial charge in [-0.3, -0.25) is 20.4 Å². The number of benzene rings is 2. The van der Waals surface area contributed by atoms with Crippen LogP contribution in [-0.2, 0) is 16.1 Å². The van der Waals surface area contributed by atoms with Crippen molar-refractivity contribution >= 4 is 46.8 Å². The summed E-state index contributed by atoms with van der Waals surface area (Å²) < 4.78 is 7.28. The van der Waals surface area contributed by atoms with E-state index in [1.54, 1.807) is 36.4 Å². The Balaban J connectivity index is 1.49. The Labute approximate surface area is 199 Å². The summed E-state index contributed by atoms with van der Waals surface area (Å²) >= 11 is 13.0. The first-order valence-electron chi connectivity index (χ1n) is 9.74. The molecule has 8 nitrogen and oxygen atoms in total. The summed E-state index contributed by atoms with van der Waals surface area (Å²) in [6.07, 6.45) is 0.877. The van der Waals surface area contributed by atoms with Crippen LogP contribution in [-0.4, -0.2) is 38.9 Å². The number of hydrogen-bond donors (Lipinski definition) is 2. The van der Waals surface area contributed by atoms with Crippen molar-refractivity contribution in [3.05, 3.63) is 58.6 Å². The first-order valence-corrected chi connectivity index (χ1v) is 11.5. The number of carbonyl (C=O) groups excluding carboxylic acids is 2. The van der Waals surface area contributed by atoms with E-state index in [0.717, 1.165) is 12.0 Å². The summed E-state index contributed by atoms with van der Waals surface area (Å²) in [7, 11) is 0. The fourth-order valence-corrected chi connectivity index (χ4v) is 3.67. The molecule has 3 aromatic rings. The molecule has 0 aliphatic rings. The van der Waals surface area contributed by atoms with Gasteiger partial charge in [-0.15, -0.1) is 10.2 Å². The van der Waals surface area contributed by atoms with Gasteiger partial charge in [-0.25, -0.2) is 0 Å². The molecular formula is C21H21Cl2N5O3S. The monoisotopic (exact) mass is 493 g/mol. The van der Waals surface area contributed by atoms with Crippen molar-refractivity contribution in [1.29, 1.82) is 0 Å². The number of amides is 2. The van der Waals surface area contributed by atoms with Gasteiger partial charge < -0.3 is 9.30 Å². The molecule has 0 aliphatic carbocycles. The van der Waals surface area contributed by atoms with E-state index in [-0.39, 0.29) is 18.3 Å². The molecule has 0 saturated carbocycles. The maximum Gasteiger partial charge on any atom is 0.276 e. The molecule has 2 N–H and O–H groups in total. The van der Waals surface area contributed by atoms with E-state index in [9.17, 15) is 9.59 Å². The summed E-state index contributed by atoms with van der Waals surface area (Å²) in [5, 5.41) is 10.3. The number of aromatic nitrogens is 3. The lowest BCUT2D eigenvalue weighted by atomic mass is 10.2. The number of hydrogen-bond acceptors (Lipinski definition) is 6.